The molecule has 0 radical (unpaired) electrons. The Balaban J connectivity index is 2.23. The lowest BCUT2D eigenvalue weighted by Gasteiger charge is -2.31. The van der Waals surface area contributed by atoms with Crippen molar-refractivity contribution in [2.24, 2.45) is 23.7 Å². The predicted octanol–water partition coefficient (Wildman–Crippen LogP) is 1.96. The van der Waals surface area contributed by atoms with E-state index in [1.54, 1.807) is 6.92 Å². The summed E-state index contributed by atoms with van der Waals surface area (Å²) < 4.78 is 0. The molecule has 2 fully saturated rings. The van der Waals surface area contributed by atoms with Crippen molar-refractivity contribution in [1.82, 2.24) is 21.3 Å². The van der Waals surface area contributed by atoms with Crippen molar-refractivity contribution < 1.29 is 39.0 Å². The molecule has 0 aromatic heterocycles. The second-order valence-corrected chi connectivity index (χ2v) is 11.9. The third-order valence-corrected chi connectivity index (χ3v) is 8.05. The van der Waals surface area contributed by atoms with Crippen molar-refractivity contribution >= 4 is 35.6 Å². The maximum atomic E-state index is 13.6. The number of nitrogens with one attached hydrogen (secondary N) is 4. The van der Waals surface area contributed by atoms with E-state index in [1.807, 2.05) is 13.8 Å². The van der Waals surface area contributed by atoms with Gasteiger partial charge in [-0.1, -0.05) is 58.8 Å². The zero-order chi connectivity index (χ0) is 30.5. The van der Waals surface area contributed by atoms with Crippen LogP contribution in [0.25, 0.3) is 0 Å². The number of carboxylic acid groups (broad SMARTS) is 2. The maximum absolute atomic E-state index is 13.6. The van der Waals surface area contributed by atoms with Crippen LogP contribution in [-0.2, 0) is 28.8 Å². The quantitative estimate of drug-likeness (QED) is 0.169. The number of likely N-dealkylation sites (N-methyl/N-ethyl adjacent to an activating group) is 1. The first-order valence-corrected chi connectivity index (χ1v) is 15.1. The largest absolute Gasteiger partial charge is 0.481 e. The normalized spacial score (nSPS) is 21.7. The number of aliphatic carboxylic acids is 2. The summed E-state index contributed by atoms with van der Waals surface area (Å²) in [5.41, 5.74) is 0. The molecule has 41 heavy (non-hydrogen) atoms. The molecular formula is C29H48N4O8. The van der Waals surface area contributed by atoms with Gasteiger partial charge in [0.2, 0.25) is 23.6 Å². The first kappa shape index (κ1) is 34.0. The molecule has 0 unspecified atom stereocenters. The Morgan fingerprint density at radius 2 is 1.27 bits per heavy atom. The third kappa shape index (κ3) is 11.3. The molecule has 2 rings (SSSR count). The summed E-state index contributed by atoms with van der Waals surface area (Å²) in [6.07, 6.45) is 6.97. The van der Waals surface area contributed by atoms with Gasteiger partial charge in [-0.25, -0.2) is 0 Å². The fraction of sp³-hybridized carbons (Fsp3) is 0.793. The number of hydrogen-bond acceptors (Lipinski definition) is 6. The number of amides is 4. The van der Waals surface area contributed by atoms with Crippen molar-refractivity contribution in [3.63, 3.8) is 0 Å². The minimum atomic E-state index is -1.48. The van der Waals surface area contributed by atoms with E-state index in [-0.39, 0.29) is 11.8 Å². The van der Waals surface area contributed by atoms with Crippen LogP contribution in [0.1, 0.15) is 97.8 Å². The van der Waals surface area contributed by atoms with Gasteiger partial charge in [0.1, 0.15) is 18.1 Å². The Labute approximate surface area is 242 Å². The molecule has 0 bridgehead atoms. The topological polar surface area (TPSA) is 191 Å². The van der Waals surface area contributed by atoms with E-state index < -0.39 is 71.9 Å². The van der Waals surface area contributed by atoms with E-state index in [0.717, 1.165) is 32.1 Å². The predicted molar refractivity (Wildman–Crippen MR) is 150 cm³/mol. The fourth-order valence-corrected chi connectivity index (χ4v) is 5.94. The van der Waals surface area contributed by atoms with Gasteiger partial charge in [-0.15, -0.1) is 0 Å². The van der Waals surface area contributed by atoms with Crippen molar-refractivity contribution in [3.05, 3.63) is 0 Å². The summed E-state index contributed by atoms with van der Waals surface area (Å²) in [5, 5.41) is 29.6. The van der Waals surface area contributed by atoms with Crippen molar-refractivity contribution in [3.8, 4) is 0 Å². The average Bonchev–Trinajstić information content (AvgIpc) is 2.92. The number of rotatable bonds is 15. The van der Waals surface area contributed by atoms with Crippen LogP contribution in [0.15, 0.2) is 0 Å². The van der Waals surface area contributed by atoms with Gasteiger partial charge in [0.15, 0.2) is 0 Å². The Morgan fingerprint density at radius 3 is 1.83 bits per heavy atom. The third-order valence-electron chi connectivity index (χ3n) is 8.05. The van der Waals surface area contributed by atoms with Gasteiger partial charge >= 0.3 is 11.9 Å². The smallest absolute Gasteiger partial charge is 0.307 e. The first-order valence-electron chi connectivity index (χ1n) is 15.1. The van der Waals surface area contributed by atoms with Gasteiger partial charge in [-0.2, -0.15) is 0 Å². The summed E-state index contributed by atoms with van der Waals surface area (Å²) in [6.45, 7) is 5.86. The molecule has 5 atom stereocenters. The van der Waals surface area contributed by atoms with Crippen LogP contribution in [0.5, 0.6) is 0 Å². The second kappa shape index (κ2) is 16.9. The molecule has 0 heterocycles. The monoisotopic (exact) mass is 580 g/mol. The molecule has 0 spiro atoms. The SMILES string of the molecule is CCNC(=O)[C@H](CC(C)C)NC(=O)[C@H](CC(=O)O)NC(=O)[C@H](CC1CCCCC1)NC(=O)[C@H]1CCCC[C@@H]1C(=O)O. The van der Waals surface area contributed by atoms with Gasteiger partial charge in [0, 0.05) is 6.54 Å². The number of hydrogen-bond donors (Lipinski definition) is 6. The molecule has 2 aliphatic rings. The van der Waals surface area contributed by atoms with Crippen molar-refractivity contribution in [1.29, 1.82) is 0 Å². The van der Waals surface area contributed by atoms with E-state index in [1.165, 1.54) is 0 Å². The van der Waals surface area contributed by atoms with E-state index >= 15 is 0 Å². The molecular weight excluding hydrogens is 532 g/mol. The molecule has 4 amide bonds. The van der Waals surface area contributed by atoms with Gasteiger partial charge in [-0.3, -0.25) is 28.8 Å². The van der Waals surface area contributed by atoms with E-state index in [4.69, 9.17) is 0 Å². The van der Waals surface area contributed by atoms with Crippen LogP contribution in [-0.4, -0.2) is 70.5 Å². The minimum absolute atomic E-state index is 0.0555. The molecule has 0 aliphatic heterocycles. The van der Waals surface area contributed by atoms with Gasteiger partial charge in [0.25, 0.3) is 0 Å². The summed E-state index contributed by atoms with van der Waals surface area (Å²) in [6, 6.07) is -3.44. The summed E-state index contributed by atoms with van der Waals surface area (Å²) in [5.74, 6) is -6.18. The highest BCUT2D eigenvalue weighted by atomic mass is 16.4. The molecule has 6 N–H and O–H groups in total. The number of carbonyl (C=O) groups excluding carboxylic acids is 4. The van der Waals surface area contributed by atoms with Crippen molar-refractivity contribution in [2.45, 2.75) is 116 Å². The van der Waals surface area contributed by atoms with E-state index in [0.29, 0.717) is 45.1 Å². The van der Waals surface area contributed by atoms with Crippen LogP contribution in [0, 0.1) is 23.7 Å². The highest BCUT2D eigenvalue weighted by Crippen LogP contribution is 2.31. The Bertz CT molecular complexity index is 934. The van der Waals surface area contributed by atoms with Gasteiger partial charge in [-0.05, 0) is 44.4 Å². The number of carbonyl (C=O) groups is 6. The van der Waals surface area contributed by atoms with Gasteiger partial charge in [0.05, 0.1) is 18.3 Å². The first-order chi connectivity index (χ1) is 19.4. The van der Waals surface area contributed by atoms with E-state index in [2.05, 4.69) is 21.3 Å². The molecule has 0 aromatic carbocycles. The van der Waals surface area contributed by atoms with Crippen LogP contribution in [0.3, 0.4) is 0 Å². The van der Waals surface area contributed by atoms with Crippen LogP contribution in [0.4, 0.5) is 0 Å². The fourth-order valence-electron chi connectivity index (χ4n) is 5.94. The van der Waals surface area contributed by atoms with Crippen LogP contribution >= 0.6 is 0 Å². The summed E-state index contributed by atoms with van der Waals surface area (Å²) in [7, 11) is 0. The zero-order valence-corrected chi connectivity index (χ0v) is 24.6. The lowest BCUT2D eigenvalue weighted by molar-refractivity contribution is -0.149. The highest BCUT2D eigenvalue weighted by Gasteiger charge is 2.38. The second-order valence-electron chi connectivity index (χ2n) is 11.9. The molecule has 0 aromatic rings. The van der Waals surface area contributed by atoms with Gasteiger partial charge < -0.3 is 31.5 Å². The molecule has 2 saturated carbocycles. The highest BCUT2D eigenvalue weighted by molar-refractivity contribution is 5.96. The minimum Gasteiger partial charge on any atom is -0.481 e. The van der Waals surface area contributed by atoms with E-state index in [9.17, 15) is 39.0 Å². The Kier molecular flexibility index (Phi) is 14.1. The molecule has 2 aliphatic carbocycles. The lowest BCUT2D eigenvalue weighted by atomic mass is 9.78. The number of carboxylic acids is 2. The Hall–Kier alpha value is -3.18. The molecule has 12 heteroatoms. The van der Waals surface area contributed by atoms with Crippen LogP contribution in [0.2, 0.25) is 0 Å². The summed E-state index contributed by atoms with van der Waals surface area (Å²) in [4.78, 5) is 76.0. The summed E-state index contributed by atoms with van der Waals surface area (Å²) >= 11 is 0. The maximum Gasteiger partial charge on any atom is 0.307 e. The van der Waals surface area contributed by atoms with Crippen LogP contribution < -0.4 is 21.3 Å². The van der Waals surface area contributed by atoms with Crippen molar-refractivity contribution in [2.75, 3.05) is 6.54 Å². The molecule has 12 nitrogen and oxygen atoms in total. The standard InChI is InChI=1S/C29H48N4O8/c1-4-30-26(37)21(14-17(2)3)32-28(39)23(16-24(34)35)33-27(38)22(15-18-10-6-5-7-11-18)31-25(36)19-12-8-9-13-20(19)29(40)41/h17-23H,4-16H2,1-3H3,(H,30,37)(H,31,36)(H,32,39)(H,33,38)(H,34,35)(H,40,41)/t19-,20-,21-,22-,23-/m0/s1. The zero-order valence-electron chi connectivity index (χ0n) is 24.6. The average molecular weight is 581 g/mol. The lowest BCUT2D eigenvalue weighted by Crippen LogP contribution is -2.58. The molecule has 0 saturated heterocycles. The molecule has 232 valence electrons. The Morgan fingerprint density at radius 1 is 0.707 bits per heavy atom.